The fourth-order valence-electron chi connectivity index (χ4n) is 3.83. The van der Waals surface area contributed by atoms with Crippen LogP contribution >= 0.6 is 0 Å². The highest BCUT2D eigenvalue weighted by Gasteiger charge is 2.36. The van der Waals surface area contributed by atoms with E-state index in [0.717, 1.165) is 57.8 Å². The summed E-state index contributed by atoms with van der Waals surface area (Å²) in [7, 11) is 0. The fourth-order valence-corrected chi connectivity index (χ4v) is 3.83. The first-order valence-corrected chi connectivity index (χ1v) is 10.9. The summed E-state index contributed by atoms with van der Waals surface area (Å²) < 4.78 is 5.37. The van der Waals surface area contributed by atoms with Crippen molar-refractivity contribution in [1.82, 2.24) is 0 Å². The van der Waals surface area contributed by atoms with Gasteiger partial charge in [0.2, 0.25) is 0 Å². The molecule has 0 amide bonds. The highest BCUT2D eigenvalue weighted by atomic mass is 16.5. The maximum atomic E-state index is 11.4. The third-order valence-corrected chi connectivity index (χ3v) is 5.48. The number of unbranched alkanes of at least 4 members (excludes halogenated alkanes) is 5. The summed E-state index contributed by atoms with van der Waals surface area (Å²) in [5, 5.41) is 29.8. The molecule has 1 rings (SSSR count). The van der Waals surface area contributed by atoms with Gasteiger partial charge < -0.3 is 20.1 Å². The molecule has 0 aromatic rings. The SMILES string of the molecule is CCCCC(C)(O)C/C=C/[C@H]1[C@H](O)C=C(OC(C)=O)[C@@H]1CCCCCCCO. The van der Waals surface area contributed by atoms with Gasteiger partial charge in [-0.15, -0.1) is 0 Å². The molecule has 0 aliphatic heterocycles. The second kappa shape index (κ2) is 13.1. The Morgan fingerprint density at radius 3 is 2.54 bits per heavy atom. The van der Waals surface area contributed by atoms with E-state index in [9.17, 15) is 15.0 Å². The van der Waals surface area contributed by atoms with Crippen molar-refractivity contribution in [3.63, 3.8) is 0 Å². The van der Waals surface area contributed by atoms with Crippen molar-refractivity contribution in [3.05, 3.63) is 24.0 Å². The Balaban J connectivity index is 2.66. The lowest BCUT2D eigenvalue weighted by Crippen LogP contribution is -2.24. The number of ether oxygens (including phenoxy) is 1. The number of hydrogen-bond donors (Lipinski definition) is 3. The molecule has 1 aliphatic rings. The molecule has 0 bridgehead atoms. The van der Waals surface area contributed by atoms with Crippen molar-refractivity contribution < 1.29 is 24.9 Å². The Bertz CT molecular complexity index is 509. The van der Waals surface area contributed by atoms with E-state index < -0.39 is 11.7 Å². The average Bonchev–Trinajstić information content (AvgIpc) is 2.90. The first-order valence-electron chi connectivity index (χ1n) is 10.9. The lowest BCUT2D eigenvalue weighted by atomic mass is 9.86. The van der Waals surface area contributed by atoms with Gasteiger partial charge in [-0.1, -0.05) is 57.6 Å². The molecule has 0 saturated heterocycles. The first-order chi connectivity index (χ1) is 13.3. The molecule has 0 aromatic heterocycles. The van der Waals surface area contributed by atoms with Gasteiger partial charge in [-0.05, 0) is 38.7 Å². The van der Waals surface area contributed by atoms with E-state index >= 15 is 0 Å². The maximum absolute atomic E-state index is 11.4. The number of carbonyl (C=O) groups excluding carboxylic acids is 1. The number of hydrogen-bond acceptors (Lipinski definition) is 5. The molecular formula is C23H40O5. The molecule has 0 heterocycles. The van der Waals surface area contributed by atoms with Crippen molar-refractivity contribution in [1.29, 1.82) is 0 Å². The Hall–Kier alpha value is -1.17. The number of allylic oxidation sites excluding steroid dienone is 1. The summed E-state index contributed by atoms with van der Waals surface area (Å²) in [6.07, 6.45) is 14.1. The van der Waals surface area contributed by atoms with E-state index in [-0.39, 0.29) is 24.4 Å². The lowest BCUT2D eigenvalue weighted by molar-refractivity contribution is -0.137. The van der Waals surface area contributed by atoms with E-state index in [1.54, 1.807) is 6.08 Å². The Morgan fingerprint density at radius 2 is 1.89 bits per heavy atom. The van der Waals surface area contributed by atoms with Crippen LogP contribution in [0.5, 0.6) is 0 Å². The zero-order valence-corrected chi connectivity index (χ0v) is 17.9. The normalized spacial score (nSPS) is 24.4. The van der Waals surface area contributed by atoms with Gasteiger partial charge >= 0.3 is 5.97 Å². The molecule has 5 heteroatoms. The number of rotatable bonds is 14. The minimum Gasteiger partial charge on any atom is -0.431 e. The zero-order valence-electron chi connectivity index (χ0n) is 17.9. The van der Waals surface area contributed by atoms with Crippen LogP contribution < -0.4 is 0 Å². The van der Waals surface area contributed by atoms with Crippen molar-refractivity contribution in [2.24, 2.45) is 11.8 Å². The topological polar surface area (TPSA) is 87.0 Å². The minimum atomic E-state index is -0.732. The van der Waals surface area contributed by atoms with E-state index in [0.29, 0.717) is 12.2 Å². The monoisotopic (exact) mass is 396 g/mol. The number of carbonyl (C=O) groups is 1. The second-order valence-electron chi connectivity index (χ2n) is 8.35. The molecule has 0 radical (unpaired) electrons. The molecular weight excluding hydrogens is 356 g/mol. The largest absolute Gasteiger partial charge is 0.431 e. The van der Waals surface area contributed by atoms with Crippen LogP contribution in [0.3, 0.4) is 0 Å². The van der Waals surface area contributed by atoms with E-state index in [1.165, 1.54) is 6.92 Å². The quantitative estimate of drug-likeness (QED) is 0.232. The molecule has 5 nitrogen and oxygen atoms in total. The van der Waals surface area contributed by atoms with Gasteiger partial charge in [0.05, 0.1) is 11.7 Å². The van der Waals surface area contributed by atoms with Crippen LogP contribution in [-0.4, -0.2) is 39.6 Å². The predicted molar refractivity (Wildman–Crippen MR) is 112 cm³/mol. The molecule has 4 atom stereocenters. The molecule has 0 saturated carbocycles. The summed E-state index contributed by atoms with van der Waals surface area (Å²) in [5.74, 6) is 0.0589. The highest BCUT2D eigenvalue weighted by molar-refractivity contribution is 5.67. The van der Waals surface area contributed by atoms with E-state index in [2.05, 4.69) is 6.92 Å². The van der Waals surface area contributed by atoms with Gasteiger partial charge in [0.1, 0.15) is 5.76 Å². The van der Waals surface area contributed by atoms with Crippen LogP contribution in [0.25, 0.3) is 0 Å². The number of esters is 1. The highest BCUT2D eigenvalue weighted by Crippen LogP contribution is 2.38. The van der Waals surface area contributed by atoms with Crippen molar-refractivity contribution in [2.75, 3.05) is 6.61 Å². The molecule has 1 unspecified atom stereocenters. The average molecular weight is 397 g/mol. The van der Waals surface area contributed by atoms with Gasteiger partial charge in [0, 0.05) is 25.4 Å². The molecule has 1 aliphatic carbocycles. The smallest absolute Gasteiger partial charge is 0.307 e. The van der Waals surface area contributed by atoms with Crippen molar-refractivity contribution in [3.8, 4) is 0 Å². The summed E-state index contributed by atoms with van der Waals surface area (Å²) in [4.78, 5) is 11.4. The van der Waals surface area contributed by atoms with Crippen LogP contribution in [0, 0.1) is 11.8 Å². The van der Waals surface area contributed by atoms with Crippen molar-refractivity contribution in [2.45, 2.75) is 96.7 Å². The fraction of sp³-hybridized carbons (Fsp3) is 0.783. The van der Waals surface area contributed by atoms with E-state index in [4.69, 9.17) is 9.84 Å². The molecule has 3 N–H and O–H groups in total. The van der Waals surface area contributed by atoms with Gasteiger partial charge in [0.25, 0.3) is 0 Å². The van der Waals surface area contributed by atoms with Gasteiger partial charge in [-0.2, -0.15) is 0 Å². The molecule has 0 aromatic carbocycles. The summed E-state index contributed by atoms with van der Waals surface area (Å²) in [6, 6.07) is 0. The third-order valence-electron chi connectivity index (χ3n) is 5.48. The van der Waals surface area contributed by atoms with Gasteiger partial charge in [0.15, 0.2) is 0 Å². The second-order valence-corrected chi connectivity index (χ2v) is 8.35. The predicted octanol–water partition coefficient (Wildman–Crippen LogP) is 4.26. The van der Waals surface area contributed by atoms with Gasteiger partial charge in [-0.25, -0.2) is 0 Å². The molecule has 0 spiro atoms. The third kappa shape index (κ3) is 9.35. The molecule has 28 heavy (non-hydrogen) atoms. The summed E-state index contributed by atoms with van der Waals surface area (Å²) >= 11 is 0. The zero-order chi connectivity index (χ0) is 21.0. The Morgan fingerprint density at radius 1 is 1.21 bits per heavy atom. The summed E-state index contributed by atoms with van der Waals surface area (Å²) in [5.41, 5.74) is -0.732. The van der Waals surface area contributed by atoms with Crippen LogP contribution in [0.15, 0.2) is 24.0 Å². The molecule has 162 valence electrons. The van der Waals surface area contributed by atoms with Crippen LogP contribution in [0.1, 0.15) is 85.0 Å². The number of aliphatic hydroxyl groups is 3. The van der Waals surface area contributed by atoms with Crippen LogP contribution in [0.4, 0.5) is 0 Å². The minimum absolute atomic E-state index is 0.0198. The number of aliphatic hydroxyl groups excluding tert-OH is 2. The van der Waals surface area contributed by atoms with E-state index in [1.807, 2.05) is 19.1 Å². The Kier molecular flexibility index (Phi) is 11.7. The van der Waals surface area contributed by atoms with Crippen LogP contribution in [0.2, 0.25) is 0 Å². The van der Waals surface area contributed by atoms with Crippen LogP contribution in [-0.2, 0) is 9.53 Å². The lowest BCUT2D eigenvalue weighted by Gasteiger charge is -2.23. The first kappa shape index (κ1) is 24.9. The molecule has 0 fully saturated rings. The Labute approximate surface area is 170 Å². The standard InChI is InChI=1S/C23H40O5/c1-4-5-14-23(3,27)15-11-13-19-20(12-9-7-6-8-10-16-24)22(17-21(19)26)28-18(2)25/h11,13,17,19-21,24,26-27H,4-10,12,14-16H2,1-3H3/b13-11+/t19-,20-,21-,23?/m1/s1. The summed E-state index contributed by atoms with van der Waals surface area (Å²) in [6.45, 7) is 5.58. The van der Waals surface area contributed by atoms with Gasteiger partial charge in [-0.3, -0.25) is 4.79 Å². The maximum Gasteiger partial charge on any atom is 0.307 e. The van der Waals surface area contributed by atoms with Crippen molar-refractivity contribution >= 4 is 5.97 Å².